The molecule has 1 aliphatic heterocycles. The minimum absolute atomic E-state index is 0.0344. The number of nitrogens with one attached hydrogen (secondary N) is 1. The summed E-state index contributed by atoms with van der Waals surface area (Å²) in [5.74, 6) is -0.438. The number of benzene rings is 2. The molecule has 24 heavy (non-hydrogen) atoms. The van der Waals surface area contributed by atoms with Crippen LogP contribution in [-0.2, 0) is 16.1 Å². The second-order valence-electron chi connectivity index (χ2n) is 6.09. The van der Waals surface area contributed by atoms with Gasteiger partial charge in [-0.05, 0) is 36.8 Å². The highest BCUT2D eigenvalue weighted by Crippen LogP contribution is 2.26. The van der Waals surface area contributed by atoms with Crippen molar-refractivity contribution in [3.63, 3.8) is 0 Å². The monoisotopic (exact) mass is 342 g/mol. The molecule has 0 saturated carbocycles. The standard InChI is InChI=1S/C19H19ClN2O2/c1-13-2-4-14(5-3-13)11-21-19(24)15-10-18(23)22(12-15)17-8-6-16(20)7-9-17/h2-9,15H,10-12H2,1H3,(H,21,24)/t15-/m1/s1. The van der Waals surface area contributed by atoms with Crippen LogP contribution in [0.25, 0.3) is 0 Å². The lowest BCUT2D eigenvalue weighted by Gasteiger charge is -2.16. The third kappa shape index (κ3) is 3.77. The number of hydrogen-bond acceptors (Lipinski definition) is 2. The van der Waals surface area contributed by atoms with Gasteiger partial charge in [-0.2, -0.15) is 0 Å². The quantitative estimate of drug-likeness (QED) is 0.926. The van der Waals surface area contributed by atoms with Crippen molar-refractivity contribution in [2.75, 3.05) is 11.4 Å². The molecule has 1 N–H and O–H groups in total. The molecule has 2 aromatic carbocycles. The molecule has 124 valence electrons. The molecule has 0 aliphatic carbocycles. The Hall–Kier alpha value is -2.33. The van der Waals surface area contributed by atoms with Crippen molar-refractivity contribution < 1.29 is 9.59 Å². The van der Waals surface area contributed by atoms with Gasteiger partial charge in [-0.1, -0.05) is 41.4 Å². The number of aryl methyl sites for hydroxylation is 1. The van der Waals surface area contributed by atoms with Gasteiger partial charge < -0.3 is 10.2 Å². The summed E-state index contributed by atoms with van der Waals surface area (Å²) in [7, 11) is 0. The normalized spacial score (nSPS) is 17.2. The first-order chi connectivity index (χ1) is 11.5. The smallest absolute Gasteiger partial charge is 0.227 e. The highest BCUT2D eigenvalue weighted by Gasteiger charge is 2.34. The Balaban J connectivity index is 1.59. The van der Waals surface area contributed by atoms with Crippen LogP contribution in [0.4, 0.5) is 5.69 Å². The van der Waals surface area contributed by atoms with Crippen LogP contribution in [0.2, 0.25) is 5.02 Å². The Bertz CT molecular complexity index is 741. The largest absolute Gasteiger partial charge is 0.352 e. The zero-order valence-corrected chi connectivity index (χ0v) is 14.2. The van der Waals surface area contributed by atoms with E-state index in [2.05, 4.69) is 5.32 Å². The number of carbonyl (C=O) groups is 2. The average molecular weight is 343 g/mol. The molecule has 2 amide bonds. The number of amides is 2. The first-order valence-electron chi connectivity index (χ1n) is 7.92. The van der Waals surface area contributed by atoms with E-state index in [4.69, 9.17) is 11.6 Å². The second-order valence-corrected chi connectivity index (χ2v) is 6.52. The number of hydrogen-bond donors (Lipinski definition) is 1. The third-order valence-electron chi connectivity index (χ3n) is 4.22. The van der Waals surface area contributed by atoms with Gasteiger partial charge in [-0.3, -0.25) is 9.59 Å². The molecule has 5 heteroatoms. The molecule has 0 spiro atoms. The predicted octanol–water partition coefficient (Wildman–Crippen LogP) is 3.32. The Kier molecular flexibility index (Phi) is 4.86. The zero-order chi connectivity index (χ0) is 17.1. The van der Waals surface area contributed by atoms with Crippen LogP contribution < -0.4 is 10.2 Å². The molecule has 1 heterocycles. The number of rotatable bonds is 4. The molecular formula is C19H19ClN2O2. The van der Waals surface area contributed by atoms with Crippen molar-refractivity contribution in [3.8, 4) is 0 Å². The first-order valence-corrected chi connectivity index (χ1v) is 8.30. The summed E-state index contributed by atoms with van der Waals surface area (Å²) in [6.07, 6.45) is 0.238. The molecule has 1 atom stereocenters. The highest BCUT2D eigenvalue weighted by atomic mass is 35.5. The van der Waals surface area contributed by atoms with Crippen molar-refractivity contribution in [1.29, 1.82) is 0 Å². The van der Waals surface area contributed by atoms with Gasteiger partial charge >= 0.3 is 0 Å². The molecule has 0 radical (unpaired) electrons. The maximum atomic E-state index is 12.4. The molecule has 1 fully saturated rings. The van der Waals surface area contributed by atoms with Crippen LogP contribution in [-0.4, -0.2) is 18.4 Å². The molecule has 1 saturated heterocycles. The molecule has 2 aromatic rings. The van der Waals surface area contributed by atoms with Crippen molar-refractivity contribution in [3.05, 3.63) is 64.7 Å². The van der Waals surface area contributed by atoms with Crippen molar-refractivity contribution in [1.82, 2.24) is 5.32 Å². The topological polar surface area (TPSA) is 49.4 Å². The molecular weight excluding hydrogens is 324 g/mol. The van der Waals surface area contributed by atoms with Crippen LogP contribution in [0.1, 0.15) is 17.5 Å². The van der Waals surface area contributed by atoms with Gasteiger partial charge in [-0.15, -0.1) is 0 Å². The fourth-order valence-corrected chi connectivity index (χ4v) is 2.92. The molecule has 0 aromatic heterocycles. The van der Waals surface area contributed by atoms with E-state index in [1.165, 1.54) is 5.56 Å². The number of halogens is 1. The SMILES string of the molecule is Cc1ccc(CNC(=O)[C@@H]2CC(=O)N(c3ccc(Cl)cc3)C2)cc1. The van der Waals surface area contributed by atoms with Gasteiger partial charge in [-0.25, -0.2) is 0 Å². The first kappa shape index (κ1) is 16.5. The van der Waals surface area contributed by atoms with Gasteiger partial charge in [0.15, 0.2) is 0 Å². The van der Waals surface area contributed by atoms with Gasteiger partial charge in [0.2, 0.25) is 11.8 Å². The maximum Gasteiger partial charge on any atom is 0.227 e. The van der Waals surface area contributed by atoms with E-state index in [9.17, 15) is 9.59 Å². The molecule has 0 bridgehead atoms. The predicted molar refractivity (Wildman–Crippen MR) is 94.9 cm³/mol. The Morgan fingerprint density at radius 1 is 1.17 bits per heavy atom. The molecule has 1 aliphatic rings. The summed E-state index contributed by atoms with van der Waals surface area (Å²) in [5, 5.41) is 3.55. The van der Waals surface area contributed by atoms with Gasteiger partial charge in [0.25, 0.3) is 0 Å². The molecule has 0 unspecified atom stereocenters. The summed E-state index contributed by atoms with van der Waals surface area (Å²) in [4.78, 5) is 26.2. The second kappa shape index (κ2) is 7.05. The van der Waals surface area contributed by atoms with E-state index >= 15 is 0 Å². The van der Waals surface area contributed by atoms with E-state index in [1.54, 1.807) is 29.2 Å². The number of carbonyl (C=O) groups excluding carboxylic acids is 2. The zero-order valence-electron chi connectivity index (χ0n) is 13.5. The lowest BCUT2D eigenvalue weighted by atomic mass is 10.1. The van der Waals surface area contributed by atoms with E-state index in [0.29, 0.717) is 18.1 Å². The minimum Gasteiger partial charge on any atom is -0.352 e. The van der Waals surface area contributed by atoms with Gasteiger partial charge in [0.1, 0.15) is 0 Å². The van der Waals surface area contributed by atoms with Crippen molar-refractivity contribution in [2.45, 2.75) is 19.9 Å². The molecule has 4 nitrogen and oxygen atoms in total. The van der Waals surface area contributed by atoms with Crippen LogP contribution in [0.5, 0.6) is 0 Å². The number of nitrogens with zero attached hydrogens (tertiary/aromatic N) is 1. The van der Waals surface area contributed by atoms with Gasteiger partial charge in [0, 0.05) is 30.2 Å². The average Bonchev–Trinajstić information content (AvgIpc) is 2.97. The Labute approximate surface area is 146 Å². The summed E-state index contributed by atoms with van der Waals surface area (Å²) in [6.45, 7) is 2.91. The highest BCUT2D eigenvalue weighted by molar-refractivity contribution is 6.30. The fourth-order valence-electron chi connectivity index (χ4n) is 2.79. The van der Waals surface area contributed by atoms with E-state index in [1.807, 2.05) is 31.2 Å². The fraction of sp³-hybridized carbons (Fsp3) is 0.263. The van der Waals surface area contributed by atoms with E-state index in [0.717, 1.165) is 11.3 Å². The van der Waals surface area contributed by atoms with E-state index < -0.39 is 0 Å². The maximum absolute atomic E-state index is 12.4. The summed E-state index contributed by atoms with van der Waals surface area (Å²) < 4.78 is 0. The summed E-state index contributed by atoms with van der Waals surface area (Å²) in [5.41, 5.74) is 3.01. The van der Waals surface area contributed by atoms with Crippen LogP contribution in [0, 0.1) is 12.8 Å². The lowest BCUT2D eigenvalue weighted by Crippen LogP contribution is -2.32. The van der Waals surface area contributed by atoms with Crippen molar-refractivity contribution in [2.24, 2.45) is 5.92 Å². The Morgan fingerprint density at radius 3 is 2.50 bits per heavy atom. The molecule has 3 rings (SSSR count). The van der Waals surface area contributed by atoms with Gasteiger partial charge in [0.05, 0.1) is 5.92 Å². The summed E-state index contributed by atoms with van der Waals surface area (Å²) >= 11 is 5.88. The lowest BCUT2D eigenvalue weighted by molar-refractivity contribution is -0.126. The van der Waals surface area contributed by atoms with Crippen molar-refractivity contribution >= 4 is 29.1 Å². The summed E-state index contributed by atoms with van der Waals surface area (Å²) in [6, 6.07) is 15.1. The number of anilines is 1. The minimum atomic E-state index is -0.321. The Morgan fingerprint density at radius 2 is 1.83 bits per heavy atom. The van der Waals surface area contributed by atoms with Crippen LogP contribution in [0.3, 0.4) is 0 Å². The van der Waals surface area contributed by atoms with Crippen LogP contribution >= 0.6 is 11.6 Å². The van der Waals surface area contributed by atoms with Crippen LogP contribution in [0.15, 0.2) is 48.5 Å². The third-order valence-corrected chi connectivity index (χ3v) is 4.47. The van der Waals surface area contributed by atoms with E-state index in [-0.39, 0.29) is 24.2 Å².